The van der Waals surface area contributed by atoms with Gasteiger partial charge in [-0.05, 0) is 43.3 Å². The van der Waals surface area contributed by atoms with Crippen LogP contribution in [-0.2, 0) is 0 Å². The molecule has 8 nitrogen and oxygen atoms in total. The van der Waals surface area contributed by atoms with Crippen molar-refractivity contribution in [2.24, 2.45) is 5.10 Å². The van der Waals surface area contributed by atoms with E-state index in [1.807, 2.05) is 54.7 Å². The van der Waals surface area contributed by atoms with E-state index in [1.54, 1.807) is 23.9 Å². The van der Waals surface area contributed by atoms with Gasteiger partial charge in [-0.3, -0.25) is 4.79 Å². The number of nitrogens with one attached hydrogen (secondary N) is 1. The van der Waals surface area contributed by atoms with Crippen molar-refractivity contribution in [2.75, 3.05) is 13.2 Å². The van der Waals surface area contributed by atoms with Gasteiger partial charge in [0.25, 0.3) is 5.91 Å². The molecule has 0 bridgehead atoms. The summed E-state index contributed by atoms with van der Waals surface area (Å²) < 4.78 is 18.3. The van der Waals surface area contributed by atoms with E-state index in [-0.39, 0.29) is 5.91 Å². The number of amides is 1. The van der Waals surface area contributed by atoms with Gasteiger partial charge in [-0.15, -0.1) is 0 Å². The number of ether oxygens (including phenoxy) is 2. The van der Waals surface area contributed by atoms with Crippen LogP contribution in [-0.4, -0.2) is 35.1 Å². The van der Waals surface area contributed by atoms with Gasteiger partial charge in [-0.2, -0.15) is 10.2 Å². The molecular formula is C24H20N4O4. The summed E-state index contributed by atoms with van der Waals surface area (Å²) in [4.78, 5) is 12.3. The first kappa shape index (κ1) is 19.6. The molecule has 0 saturated carbocycles. The first-order chi connectivity index (χ1) is 15.7. The molecule has 0 radical (unpaired) electrons. The zero-order valence-electron chi connectivity index (χ0n) is 17.3. The van der Waals surface area contributed by atoms with Gasteiger partial charge in [0.1, 0.15) is 24.7 Å². The van der Waals surface area contributed by atoms with Gasteiger partial charge in [-0.1, -0.05) is 18.2 Å². The third kappa shape index (κ3) is 3.85. The summed E-state index contributed by atoms with van der Waals surface area (Å²) in [6, 6.07) is 17.1. The van der Waals surface area contributed by atoms with Crippen LogP contribution in [0, 0.1) is 6.92 Å². The number of hydrogen-bond donors (Lipinski definition) is 1. The second kappa shape index (κ2) is 8.43. The van der Waals surface area contributed by atoms with Gasteiger partial charge in [-0.25, -0.2) is 10.1 Å². The van der Waals surface area contributed by atoms with Crippen molar-refractivity contribution < 1.29 is 18.7 Å². The average molecular weight is 428 g/mol. The molecule has 2 aromatic carbocycles. The van der Waals surface area contributed by atoms with Crippen molar-refractivity contribution in [3.63, 3.8) is 0 Å². The molecule has 1 aliphatic rings. The summed E-state index contributed by atoms with van der Waals surface area (Å²) in [6.45, 7) is 2.76. The molecule has 2 aromatic heterocycles. The molecule has 4 aromatic rings. The molecule has 0 fully saturated rings. The predicted molar refractivity (Wildman–Crippen MR) is 118 cm³/mol. The van der Waals surface area contributed by atoms with Crippen LogP contribution in [0.1, 0.15) is 21.7 Å². The second-order valence-corrected chi connectivity index (χ2v) is 7.16. The highest BCUT2D eigenvalue weighted by molar-refractivity contribution is 5.96. The van der Waals surface area contributed by atoms with E-state index >= 15 is 0 Å². The molecule has 3 heterocycles. The van der Waals surface area contributed by atoms with Crippen LogP contribution in [0.25, 0.3) is 16.9 Å². The fourth-order valence-corrected chi connectivity index (χ4v) is 3.45. The number of benzene rings is 2. The summed E-state index contributed by atoms with van der Waals surface area (Å²) in [5.74, 6) is 1.57. The molecule has 0 aliphatic carbocycles. The fraction of sp³-hybridized carbons (Fsp3) is 0.125. The van der Waals surface area contributed by atoms with Crippen LogP contribution >= 0.6 is 0 Å². The van der Waals surface area contributed by atoms with Crippen molar-refractivity contribution in [3.05, 3.63) is 83.9 Å². The monoisotopic (exact) mass is 428 g/mol. The number of carbonyl (C=O) groups excluding carboxylic acids is 1. The first-order valence-electron chi connectivity index (χ1n) is 10.1. The van der Waals surface area contributed by atoms with Crippen LogP contribution in [0.15, 0.2) is 76.6 Å². The third-order valence-electron chi connectivity index (χ3n) is 5.05. The highest BCUT2D eigenvalue weighted by Gasteiger charge is 2.17. The Bertz CT molecular complexity index is 1290. The topological polar surface area (TPSA) is 90.9 Å². The van der Waals surface area contributed by atoms with E-state index in [9.17, 15) is 4.79 Å². The number of rotatable bonds is 5. The lowest BCUT2D eigenvalue weighted by Crippen LogP contribution is -2.17. The quantitative estimate of drug-likeness (QED) is 0.384. The number of aryl methyl sites for hydroxylation is 1. The fourth-order valence-electron chi connectivity index (χ4n) is 3.45. The summed E-state index contributed by atoms with van der Waals surface area (Å²) in [5.41, 5.74) is 6.16. The van der Waals surface area contributed by atoms with Crippen LogP contribution < -0.4 is 14.9 Å². The summed E-state index contributed by atoms with van der Waals surface area (Å²) >= 11 is 0. The van der Waals surface area contributed by atoms with E-state index in [2.05, 4.69) is 10.5 Å². The number of furan rings is 1. The van der Waals surface area contributed by atoms with Gasteiger partial charge in [0.15, 0.2) is 11.5 Å². The Kier molecular flexibility index (Phi) is 5.17. The third-order valence-corrected chi connectivity index (χ3v) is 5.05. The normalized spacial score (nSPS) is 12.8. The Labute approximate surface area is 184 Å². The SMILES string of the molecule is Cc1occc1C(=O)N/N=C/c1cn(-c2ccccc2)nc1-c1ccc2c(c1)OCCO2. The molecule has 1 amide bonds. The van der Waals surface area contributed by atoms with Gasteiger partial charge in [0, 0.05) is 17.3 Å². The average Bonchev–Trinajstić information content (AvgIpc) is 3.46. The zero-order chi connectivity index (χ0) is 21.9. The Morgan fingerprint density at radius 1 is 1.09 bits per heavy atom. The largest absolute Gasteiger partial charge is 0.486 e. The maximum Gasteiger partial charge on any atom is 0.274 e. The molecule has 8 heteroatoms. The molecular weight excluding hydrogens is 408 g/mol. The summed E-state index contributed by atoms with van der Waals surface area (Å²) in [5, 5.41) is 8.91. The molecule has 1 aliphatic heterocycles. The van der Waals surface area contributed by atoms with E-state index in [0.717, 1.165) is 16.8 Å². The number of hydrazone groups is 1. The van der Waals surface area contributed by atoms with Crippen LogP contribution in [0.4, 0.5) is 0 Å². The molecule has 0 unspecified atom stereocenters. The minimum absolute atomic E-state index is 0.344. The van der Waals surface area contributed by atoms with Crippen molar-refractivity contribution >= 4 is 12.1 Å². The smallest absolute Gasteiger partial charge is 0.274 e. The number of nitrogens with zero attached hydrogens (tertiary/aromatic N) is 3. The van der Waals surface area contributed by atoms with E-state index in [1.165, 1.54) is 6.26 Å². The number of para-hydroxylation sites is 1. The Hall–Kier alpha value is -4.33. The molecule has 0 atom stereocenters. The van der Waals surface area contributed by atoms with Crippen LogP contribution in [0.3, 0.4) is 0 Å². The minimum atomic E-state index is -0.344. The van der Waals surface area contributed by atoms with Gasteiger partial charge in [0.2, 0.25) is 0 Å². The second-order valence-electron chi connectivity index (χ2n) is 7.16. The lowest BCUT2D eigenvalue weighted by molar-refractivity contribution is 0.0953. The Morgan fingerprint density at radius 3 is 2.69 bits per heavy atom. The number of fused-ring (bicyclic) bond motifs is 1. The maximum absolute atomic E-state index is 12.3. The standard InChI is InChI=1S/C24H20N4O4/c1-16-20(9-10-30-16)24(29)26-25-14-18-15-28(19-5-3-2-4-6-19)27-23(18)17-7-8-21-22(13-17)32-12-11-31-21/h2-10,13-15H,11-12H2,1H3,(H,26,29)/b25-14+. The number of carbonyl (C=O) groups is 1. The lowest BCUT2D eigenvalue weighted by Gasteiger charge is -2.18. The van der Waals surface area contributed by atoms with Crippen molar-refractivity contribution in [3.8, 4) is 28.4 Å². The Balaban J connectivity index is 1.48. The van der Waals surface area contributed by atoms with E-state index in [4.69, 9.17) is 19.0 Å². The molecule has 0 spiro atoms. The molecule has 0 saturated heterocycles. The first-order valence-corrected chi connectivity index (χ1v) is 10.1. The number of aromatic nitrogens is 2. The Morgan fingerprint density at radius 2 is 1.91 bits per heavy atom. The summed E-state index contributed by atoms with van der Waals surface area (Å²) in [6.07, 6.45) is 4.91. The van der Waals surface area contributed by atoms with Crippen molar-refractivity contribution in [1.29, 1.82) is 0 Å². The molecule has 32 heavy (non-hydrogen) atoms. The lowest BCUT2D eigenvalue weighted by atomic mass is 10.1. The number of hydrogen-bond acceptors (Lipinski definition) is 6. The molecule has 5 rings (SSSR count). The van der Waals surface area contributed by atoms with E-state index < -0.39 is 0 Å². The van der Waals surface area contributed by atoms with Gasteiger partial charge in [0.05, 0.1) is 23.7 Å². The zero-order valence-corrected chi connectivity index (χ0v) is 17.3. The minimum Gasteiger partial charge on any atom is -0.486 e. The summed E-state index contributed by atoms with van der Waals surface area (Å²) in [7, 11) is 0. The van der Waals surface area contributed by atoms with Gasteiger partial charge >= 0.3 is 0 Å². The highest BCUT2D eigenvalue weighted by atomic mass is 16.6. The highest BCUT2D eigenvalue weighted by Crippen LogP contribution is 2.35. The van der Waals surface area contributed by atoms with Gasteiger partial charge < -0.3 is 13.9 Å². The van der Waals surface area contributed by atoms with Crippen molar-refractivity contribution in [2.45, 2.75) is 6.92 Å². The van der Waals surface area contributed by atoms with Crippen LogP contribution in [0.5, 0.6) is 11.5 Å². The van der Waals surface area contributed by atoms with Crippen molar-refractivity contribution in [1.82, 2.24) is 15.2 Å². The maximum atomic E-state index is 12.3. The van der Waals surface area contributed by atoms with E-state index in [0.29, 0.717) is 41.7 Å². The molecule has 1 N–H and O–H groups in total. The van der Waals surface area contributed by atoms with Crippen LogP contribution in [0.2, 0.25) is 0 Å². The predicted octanol–water partition coefficient (Wildman–Crippen LogP) is 3.98. The molecule has 160 valence electrons.